The lowest BCUT2D eigenvalue weighted by Gasteiger charge is -2.09. The molecule has 0 aromatic heterocycles. The van der Waals surface area contributed by atoms with Gasteiger partial charge in [-0.2, -0.15) is 0 Å². The fraction of sp³-hybridized carbons (Fsp3) is 0.200. The summed E-state index contributed by atoms with van der Waals surface area (Å²) in [5.74, 6) is 1.05. The van der Waals surface area contributed by atoms with E-state index in [4.69, 9.17) is 18.9 Å². The van der Waals surface area contributed by atoms with Crippen molar-refractivity contribution in [2.45, 2.75) is 0 Å². The van der Waals surface area contributed by atoms with E-state index < -0.39 is 11.8 Å². The van der Waals surface area contributed by atoms with E-state index in [9.17, 15) is 9.59 Å². The molecule has 0 radical (unpaired) electrons. The van der Waals surface area contributed by atoms with Gasteiger partial charge >= 0.3 is 0 Å². The van der Waals surface area contributed by atoms with Crippen LogP contribution in [0.1, 0.15) is 15.9 Å². The number of hydrogen-bond acceptors (Lipinski definition) is 6. The number of hydrogen-bond donors (Lipinski definition) is 2. The molecule has 0 atom stereocenters. The first-order valence-corrected chi connectivity index (χ1v) is 8.24. The van der Waals surface area contributed by atoms with Gasteiger partial charge in [-0.05, 0) is 35.9 Å². The summed E-state index contributed by atoms with van der Waals surface area (Å²) >= 11 is 0. The molecule has 0 saturated carbocycles. The fourth-order valence-electron chi connectivity index (χ4n) is 2.30. The number of carbonyl (C=O) groups is 2. The molecule has 2 aromatic carbocycles. The molecule has 2 aromatic rings. The Labute approximate surface area is 163 Å². The summed E-state index contributed by atoms with van der Waals surface area (Å²) in [7, 11) is 6.04. The molecule has 0 fully saturated rings. The summed E-state index contributed by atoms with van der Waals surface area (Å²) in [5, 5.41) is 0. The minimum absolute atomic E-state index is 0.278. The van der Waals surface area contributed by atoms with Crippen molar-refractivity contribution in [2.24, 2.45) is 0 Å². The van der Waals surface area contributed by atoms with Gasteiger partial charge in [0.15, 0.2) is 11.5 Å². The SMILES string of the molecule is COc1cc(OC)cc(C(=O)NNC(=O)/C=C/c2ccc(OC)c(OC)c2)c1. The van der Waals surface area contributed by atoms with Crippen molar-refractivity contribution in [1.29, 1.82) is 0 Å². The molecule has 2 N–H and O–H groups in total. The summed E-state index contributed by atoms with van der Waals surface area (Å²) in [6.07, 6.45) is 2.87. The summed E-state index contributed by atoms with van der Waals surface area (Å²) in [6.45, 7) is 0. The van der Waals surface area contributed by atoms with Crippen LogP contribution in [0.3, 0.4) is 0 Å². The second kappa shape index (κ2) is 9.86. The number of methoxy groups -OCH3 is 4. The summed E-state index contributed by atoms with van der Waals surface area (Å²) < 4.78 is 20.6. The van der Waals surface area contributed by atoms with Gasteiger partial charge in [0.1, 0.15) is 11.5 Å². The van der Waals surface area contributed by atoms with Gasteiger partial charge in [-0.1, -0.05) is 6.07 Å². The molecule has 148 valence electrons. The zero-order chi connectivity index (χ0) is 20.5. The predicted octanol–water partition coefficient (Wildman–Crippen LogP) is 2.20. The van der Waals surface area contributed by atoms with E-state index in [-0.39, 0.29) is 5.56 Å². The standard InChI is InChI=1S/C20H22N2O6/c1-25-15-10-14(11-16(12-15)26-2)20(24)22-21-19(23)8-6-13-5-7-17(27-3)18(9-13)28-4/h5-12H,1-4H3,(H,21,23)(H,22,24)/b8-6+. The van der Waals surface area contributed by atoms with Crippen LogP contribution in [0.4, 0.5) is 0 Å². The average molecular weight is 386 g/mol. The number of benzene rings is 2. The van der Waals surface area contributed by atoms with Crippen LogP contribution >= 0.6 is 0 Å². The summed E-state index contributed by atoms with van der Waals surface area (Å²) in [6, 6.07) is 9.93. The van der Waals surface area contributed by atoms with Crippen molar-refractivity contribution >= 4 is 17.9 Å². The van der Waals surface area contributed by atoms with Crippen LogP contribution in [0.15, 0.2) is 42.5 Å². The van der Waals surface area contributed by atoms with Crippen LogP contribution in [-0.2, 0) is 4.79 Å². The van der Waals surface area contributed by atoms with E-state index in [0.29, 0.717) is 23.0 Å². The number of rotatable bonds is 7. The van der Waals surface area contributed by atoms with Gasteiger partial charge in [0.2, 0.25) is 0 Å². The minimum Gasteiger partial charge on any atom is -0.497 e. The van der Waals surface area contributed by atoms with Crippen molar-refractivity contribution in [3.8, 4) is 23.0 Å². The van der Waals surface area contributed by atoms with E-state index in [1.807, 2.05) is 0 Å². The zero-order valence-electron chi connectivity index (χ0n) is 16.1. The third-order valence-corrected chi connectivity index (χ3v) is 3.75. The topological polar surface area (TPSA) is 95.1 Å². The molecule has 8 heteroatoms. The van der Waals surface area contributed by atoms with Crippen LogP contribution in [0, 0.1) is 0 Å². The van der Waals surface area contributed by atoms with E-state index in [0.717, 1.165) is 5.56 Å². The lowest BCUT2D eigenvalue weighted by molar-refractivity contribution is -0.117. The number of carbonyl (C=O) groups excluding carboxylic acids is 2. The third kappa shape index (κ3) is 5.41. The van der Waals surface area contributed by atoms with Crippen molar-refractivity contribution in [2.75, 3.05) is 28.4 Å². The Morgan fingerprint density at radius 2 is 1.43 bits per heavy atom. The monoisotopic (exact) mass is 386 g/mol. The van der Waals surface area contributed by atoms with Gasteiger partial charge < -0.3 is 18.9 Å². The molecular weight excluding hydrogens is 364 g/mol. The third-order valence-electron chi connectivity index (χ3n) is 3.75. The van der Waals surface area contributed by atoms with Crippen molar-refractivity contribution in [1.82, 2.24) is 10.9 Å². The molecule has 0 unspecified atom stereocenters. The molecule has 0 bridgehead atoms. The van der Waals surface area contributed by atoms with E-state index in [2.05, 4.69) is 10.9 Å². The average Bonchev–Trinajstić information content (AvgIpc) is 2.75. The van der Waals surface area contributed by atoms with Crippen molar-refractivity contribution in [3.63, 3.8) is 0 Å². The molecule has 0 aliphatic heterocycles. The highest BCUT2D eigenvalue weighted by atomic mass is 16.5. The first-order valence-electron chi connectivity index (χ1n) is 8.24. The lowest BCUT2D eigenvalue weighted by Crippen LogP contribution is -2.40. The van der Waals surface area contributed by atoms with Gasteiger partial charge in [0, 0.05) is 17.7 Å². The van der Waals surface area contributed by atoms with Gasteiger partial charge in [-0.25, -0.2) is 0 Å². The van der Waals surface area contributed by atoms with Crippen LogP contribution in [0.5, 0.6) is 23.0 Å². The predicted molar refractivity (Wildman–Crippen MR) is 104 cm³/mol. The summed E-state index contributed by atoms with van der Waals surface area (Å²) in [5.41, 5.74) is 5.66. The normalized spacial score (nSPS) is 10.3. The molecule has 0 aliphatic carbocycles. The van der Waals surface area contributed by atoms with E-state index >= 15 is 0 Å². The Morgan fingerprint density at radius 1 is 0.786 bits per heavy atom. The van der Waals surface area contributed by atoms with Crippen molar-refractivity contribution < 1.29 is 28.5 Å². The molecule has 0 heterocycles. The number of nitrogens with one attached hydrogen (secondary N) is 2. The highest BCUT2D eigenvalue weighted by Gasteiger charge is 2.10. The van der Waals surface area contributed by atoms with Gasteiger partial charge in [-0.3, -0.25) is 20.4 Å². The van der Waals surface area contributed by atoms with Crippen LogP contribution in [-0.4, -0.2) is 40.3 Å². The molecule has 8 nitrogen and oxygen atoms in total. The maximum absolute atomic E-state index is 12.2. The highest BCUT2D eigenvalue weighted by Crippen LogP contribution is 2.28. The Hall–Kier alpha value is -3.68. The molecule has 0 saturated heterocycles. The first kappa shape index (κ1) is 20.6. The summed E-state index contributed by atoms with van der Waals surface area (Å²) in [4.78, 5) is 24.2. The second-order valence-corrected chi connectivity index (χ2v) is 5.49. The number of hydrazine groups is 1. The maximum Gasteiger partial charge on any atom is 0.269 e. The molecular formula is C20H22N2O6. The Kier molecular flexibility index (Phi) is 7.27. The van der Waals surface area contributed by atoms with Crippen LogP contribution in [0.25, 0.3) is 6.08 Å². The van der Waals surface area contributed by atoms with Gasteiger partial charge in [0.25, 0.3) is 11.8 Å². The van der Waals surface area contributed by atoms with Gasteiger partial charge in [-0.15, -0.1) is 0 Å². The largest absolute Gasteiger partial charge is 0.497 e. The quantitative estimate of drug-likeness (QED) is 0.560. The fourth-order valence-corrected chi connectivity index (χ4v) is 2.30. The molecule has 2 rings (SSSR count). The van der Waals surface area contributed by atoms with Gasteiger partial charge in [0.05, 0.1) is 28.4 Å². The van der Waals surface area contributed by atoms with E-state index in [1.165, 1.54) is 39.5 Å². The second-order valence-electron chi connectivity index (χ2n) is 5.49. The van der Waals surface area contributed by atoms with E-state index in [1.54, 1.807) is 37.5 Å². The van der Waals surface area contributed by atoms with Crippen molar-refractivity contribution in [3.05, 3.63) is 53.6 Å². The lowest BCUT2D eigenvalue weighted by atomic mass is 10.2. The number of amides is 2. The van der Waals surface area contributed by atoms with Crippen LogP contribution < -0.4 is 29.8 Å². The number of ether oxygens (including phenoxy) is 4. The molecule has 2 amide bonds. The highest BCUT2D eigenvalue weighted by molar-refractivity contribution is 5.98. The maximum atomic E-state index is 12.2. The molecule has 28 heavy (non-hydrogen) atoms. The molecule has 0 spiro atoms. The molecule has 0 aliphatic rings. The Morgan fingerprint density at radius 3 is 2.00 bits per heavy atom. The Bertz CT molecular complexity index is 857. The first-order chi connectivity index (χ1) is 13.5. The Balaban J connectivity index is 1.98. The minimum atomic E-state index is -0.509. The smallest absolute Gasteiger partial charge is 0.269 e. The van der Waals surface area contributed by atoms with Crippen LogP contribution in [0.2, 0.25) is 0 Å². The zero-order valence-corrected chi connectivity index (χ0v) is 16.1.